The van der Waals surface area contributed by atoms with Crippen molar-refractivity contribution in [2.75, 3.05) is 25.9 Å². The van der Waals surface area contributed by atoms with Gasteiger partial charge in [0.1, 0.15) is 5.82 Å². The minimum absolute atomic E-state index is 0.0324. The molecule has 28 heavy (non-hydrogen) atoms. The Hall–Kier alpha value is -1.74. The molecule has 1 aromatic heterocycles. The normalized spacial score (nSPS) is 24.3. The van der Waals surface area contributed by atoms with Crippen LogP contribution in [-0.2, 0) is 27.8 Å². The third kappa shape index (κ3) is 3.87. The summed E-state index contributed by atoms with van der Waals surface area (Å²) in [7, 11) is -3.33. The van der Waals surface area contributed by atoms with Crippen LogP contribution in [0.15, 0.2) is 4.79 Å². The molecule has 1 amide bonds. The Balaban J connectivity index is 1.53. The van der Waals surface area contributed by atoms with E-state index in [1.807, 2.05) is 4.90 Å². The van der Waals surface area contributed by atoms with Crippen LogP contribution in [0.2, 0.25) is 0 Å². The molecule has 1 N–H and O–H groups in total. The van der Waals surface area contributed by atoms with Crippen molar-refractivity contribution in [3.63, 3.8) is 0 Å². The van der Waals surface area contributed by atoms with Gasteiger partial charge in [-0.3, -0.25) is 9.59 Å². The molecule has 1 saturated heterocycles. The van der Waals surface area contributed by atoms with Gasteiger partial charge in [-0.25, -0.2) is 13.4 Å². The monoisotopic (exact) mass is 408 g/mol. The van der Waals surface area contributed by atoms with E-state index in [9.17, 15) is 18.0 Å². The van der Waals surface area contributed by atoms with Gasteiger partial charge in [-0.2, -0.15) is 4.31 Å². The van der Waals surface area contributed by atoms with E-state index in [-0.39, 0.29) is 29.8 Å². The molecule has 9 heteroatoms. The van der Waals surface area contributed by atoms with Gasteiger partial charge in [-0.15, -0.1) is 0 Å². The fourth-order valence-electron chi connectivity index (χ4n) is 4.73. The van der Waals surface area contributed by atoms with Gasteiger partial charge in [0.15, 0.2) is 0 Å². The van der Waals surface area contributed by atoms with E-state index < -0.39 is 10.0 Å². The quantitative estimate of drug-likeness (QED) is 0.803. The lowest BCUT2D eigenvalue weighted by atomic mass is 9.95. The number of hydrogen-bond acceptors (Lipinski definition) is 5. The van der Waals surface area contributed by atoms with Crippen molar-refractivity contribution in [1.82, 2.24) is 19.2 Å². The van der Waals surface area contributed by atoms with Gasteiger partial charge >= 0.3 is 0 Å². The molecule has 8 nitrogen and oxygen atoms in total. The van der Waals surface area contributed by atoms with Gasteiger partial charge in [0, 0.05) is 44.4 Å². The first-order valence-corrected chi connectivity index (χ1v) is 12.0. The van der Waals surface area contributed by atoms with Gasteiger partial charge < -0.3 is 9.88 Å². The molecule has 0 spiro atoms. The number of carbonyl (C=O) groups is 1. The number of likely N-dealkylation sites (tertiary alicyclic amines) is 1. The van der Waals surface area contributed by atoms with Crippen LogP contribution >= 0.6 is 0 Å². The predicted molar refractivity (Wildman–Crippen MR) is 104 cm³/mol. The summed E-state index contributed by atoms with van der Waals surface area (Å²) in [5.41, 5.74) is 0.876. The van der Waals surface area contributed by atoms with Crippen LogP contribution in [0.1, 0.15) is 61.5 Å². The Morgan fingerprint density at radius 2 is 1.89 bits per heavy atom. The summed E-state index contributed by atoms with van der Waals surface area (Å²) in [6.07, 6.45) is 7.66. The maximum atomic E-state index is 12.8. The second-order valence-electron chi connectivity index (χ2n) is 8.33. The predicted octanol–water partition coefficient (Wildman–Crippen LogP) is 0.984. The number of rotatable bonds is 3. The number of fused-ring (bicyclic) bond motifs is 1. The van der Waals surface area contributed by atoms with E-state index in [1.165, 1.54) is 4.31 Å². The number of aromatic nitrogens is 2. The Kier molecular flexibility index (Phi) is 5.30. The van der Waals surface area contributed by atoms with Crippen LogP contribution < -0.4 is 5.56 Å². The van der Waals surface area contributed by atoms with Crippen LogP contribution in [0.25, 0.3) is 0 Å². The standard InChI is InChI=1S/C19H28N4O4S/c1-28(26,27)23-10-8-16-15(12-23)18(24)21-17(20-16)14-7-4-9-22(11-14)19(25)13-5-2-3-6-13/h13-14H,2-12H2,1H3,(H,20,21,24)/t14-/m0/s1. The molecule has 3 heterocycles. The molecular formula is C19H28N4O4S. The Morgan fingerprint density at radius 1 is 1.14 bits per heavy atom. The molecule has 1 aromatic rings. The van der Waals surface area contributed by atoms with Gasteiger partial charge in [0.2, 0.25) is 15.9 Å². The Morgan fingerprint density at radius 3 is 2.61 bits per heavy atom. The third-order valence-electron chi connectivity index (χ3n) is 6.35. The molecule has 0 unspecified atom stereocenters. The lowest BCUT2D eigenvalue weighted by Crippen LogP contribution is -2.43. The zero-order valence-corrected chi connectivity index (χ0v) is 17.1. The number of sulfonamides is 1. The number of H-pyrrole nitrogens is 1. The number of carbonyl (C=O) groups excluding carboxylic acids is 1. The Labute approximate surface area is 165 Å². The summed E-state index contributed by atoms with van der Waals surface area (Å²) >= 11 is 0. The van der Waals surface area contributed by atoms with Crippen LogP contribution in [0.5, 0.6) is 0 Å². The minimum atomic E-state index is -3.33. The summed E-state index contributed by atoms with van der Waals surface area (Å²) in [5, 5.41) is 0. The van der Waals surface area contributed by atoms with Gasteiger partial charge in [0.05, 0.1) is 17.5 Å². The summed E-state index contributed by atoms with van der Waals surface area (Å²) < 4.78 is 24.9. The van der Waals surface area contributed by atoms with Crippen molar-refractivity contribution in [3.8, 4) is 0 Å². The highest BCUT2D eigenvalue weighted by molar-refractivity contribution is 7.88. The van der Waals surface area contributed by atoms with Crippen molar-refractivity contribution < 1.29 is 13.2 Å². The van der Waals surface area contributed by atoms with E-state index in [0.717, 1.165) is 51.3 Å². The fraction of sp³-hybridized carbons (Fsp3) is 0.737. The maximum absolute atomic E-state index is 12.8. The molecule has 1 atom stereocenters. The Bertz CT molecular complexity index is 920. The lowest BCUT2D eigenvalue weighted by Gasteiger charge is -2.34. The zero-order chi connectivity index (χ0) is 19.9. The number of aromatic amines is 1. The maximum Gasteiger partial charge on any atom is 0.255 e. The van der Waals surface area contributed by atoms with Gasteiger partial charge in [0.25, 0.3) is 5.56 Å². The van der Waals surface area contributed by atoms with Crippen LogP contribution in [0.4, 0.5) is 0 Å². The molecule has 1 aliphatic carbocycles. The SMILES string of the molecule is CS(=O)(=O)N1CCc2nc([C@H]3CCCN(C(=O)C4CCCC4)C3)[nH]c(=O)c2C1. The molecule has 2 fully saturated rings. The molecule has 0 bridgehead atoms. The summed E-state index contributed by atoms with van der Waals surface area (Å²) in [6.45, 7) is 1.81. The second kappa shape index (κ2) is 7.59. The van der Waals surface area contributed by atoms with Crippen molar-refractivity contribution >= 4 is 15.9 Å². The van der Waals surface area contributed by atoms with E-state index >= 15 is 0 Å². The zero-order valence-electron chi connectivity index (χ0n) is 16.3. The van der Waals surface area contributed by atoms with Crippen molar-refractivity contribution in [2.45, 2.75) is 57.4 Å². The smallest absolute Gasteiger partial charge is 0.255 e. The molecule has 4 rings (SSSR count). The first-order chi connectivity index (χ1) is 13.3. The molecule has 2 aliphatic heterocycles. The first-order valence-electron chi connectivity index (χ1n) is 10.2. The second-order valence-corrected chi connectivity index (χ2v) is 10.3. The fourth-order valence-corrected chi connectivity index (χ4v) is 5.51. The van der Waals surface area contributed by atoms with Gasteiger partial charge in [-0.1, -0.05) is 12.8 Å². The molecule has 3 aliphatic rings. The third-order valence-corrected chi connectivity index (χ3v) is 7.59. The lowest BCUT2D eigenvalue weighted by molar-refractivity contribution is -0.136. The molecule has 0 radical (unpaired) electrons. The van der Waals surface area contributed by atoms with Crippen LogP contribution in [-0.4, -0.2) is 59.4 Å². The number of nitrogens with one attached hydrogen (secondary N) is 1. The number of amides is 1. The van der Waals surface area contributed by atoms with Crippen LogP contribution in [0.3, 0.4) is 0 Å². The largest absolute Gasteiger partial charge is 0.342 e. The highest BCUT2D eigenvalue weighted by atomic mass is 32.2. The molecular weight excluding hydrogens is 380 g/mol. The highest BCUT2D eigenvalue weighted by Crippen LogP contribution is 2.31. The number of hydrogen-bond donors (Lipinski definition) is 1. The van der Waals surface area contributed by atoms with E-state index in [2.05, 4.69) is 4.98 Å². The number of piperidine rings is 1. The molecule has 154 valence electrons. The summed E-state index contributed by atoms with van der Waals surface area (Å²) in [5.74, 6) is 1.09. The first kappa shape index (κ1) is 19.6. The van der Waals surface area contributed by atoms with E-state index in [1.54, 1.807) is 0 Å². The number of nitrogens with zero attached hydrogens (tertiary/aromatic N) is 3. The summed E-state index contributed by atoms with van der Waals surface area (Å²) in [4.78, 5) is 34.9. The highest BCUT2D eigenvalue weighted by Gasteiger charge is 2.33. The molecule has 0 aromatic carbocycles. The van der Waals surface area contributed by atoms with E-state index in [4.69, 9.17) is 4.98 Å². The average molecular weight is 409 g/mol. The van der Waals surface area contributed by atoms with E-state index in [0.29, 0.717) is 36.6 Å². The van der Waals surface area contributed by atoms with Crippen molar-refractivity contribution in [1.29, 1.82) is 0 Å². The van der Waals surface area contributed by atoms with Crippen LogP contribution in [0, 0.1) is 5.92 Å². The minimum Gasteiger partial charge on any atom is -0.342 e. The topological polar surface area (TPSA) is 103 Å². The van der Waals surface area contributed by atoms with Crippen molar-refractivity contribution in [2.24, 2.45) is 5.92 Å². The van der Waals surface area contributed by atoms with Crippen molar-refractivity contribution in [3.05, 3.63) is 27.4 Å². The van der Waals surface area contributed by atoms with Gasteiger partial charge in [-0.05, 0) is 25.7 Å². The molecule has 1 saturated carbocycles. The average Bonchev–Trinajstić information content (AvgIpc) is 3.21. The summed E-state index contributed by atoms with van der Waals surface area (Å²) in [6, 6.07) is 0.